The van der Waals surface area contributed by atoms with Gasteiger partial charge in [-0.1, -0.05) is 20.8 Å². The molecule has 1 aliphatic rings. The van der Waals surface area contributed by atoms with Gasteiger partial charge >= 0.3 is 0 Å². The Morgan fingerprint density at radius 3 is 2.24 bits per heavy atom. The van der Waals surface area contributed by atoms with Gasteiger partial charge in [-0.25, -0.2) is 0 Å². The fourth-order valence-electron chi connectivity index (χ4n) is 1.92. The topological polar surface area (TPSA) is 89.3 Å². The van der Waals surface area contributed by atoms with Crippen LogP contribution in [-0.2, 0) is 14.4 Å². The summed E-state index contributed by atoms with van der Waals surface area (Å²) in [7, 11) is 0. The minimum Gasteiger partial charge on any atom is -0.321 e. The van der Waals surface area contributed by atoms with Gasteiger partial charge in [0.2, 0.25) is 11.8 Å². The third-order valence-electron chi connectivity index (χ3n) is 2.84. The van der Waals surface area contributed by atoms with Gasteiger partial charge in [-0.3, -0.25) is 19.7 Å². The highest BCUT2D eigenvalue weighted by Crippen LogP contribution is 2.22. The summed E-state index contributed by atoms with van der Waals surface area (Å²) in [5.74, 6) is -2.44. The van der Waals surface area contributed by atoms with E-state index >= 15 is 0 Å². The number of ketones is 1. The van der Waals surface area contributed by atoms with E-state index in [1.54, 1.807) is 6.92 Å². The van der Waals surface area contributed by atoms with Crippen LogP contribution in [0.2, 0.25) is 0 Å². The van der Waals surface area contributed by atoms with Crippen LogP contribution in [0.15, 0.2) is 0 Å². The molecule has 0 aromatic rings. The molecule has 1 rings (SSSR count). The van der Waals surface area contributed by atoms with Crippen molar-refractivity contribution in [3.05, 3.63) is 0 Å². The second kappa shape index (κ2) is 6.12. The van der Waals surface area contributed by atoms with Crippen LogP contribution in [0.25, 0.3) is 0 Å². The number of Topliss-reactive ketones (excluding diaryl/α,β-unsaturated/α-hetero) is 1. The van der Waals surface area contributed by atoms with Gasteiger partial charge in [0.15, 0.2) is 5.78 Å². The monoisotopic (exact) mass is 262 g/mol. The van der Waals surface area contributed by atoms with Crippen LogP contribution >= 0.6 is 12.4 Å². The van der Waals surface area contributed by atoms with Gasteiger partial charge < -0.3 is 5.73 Å². The van der Waals surface area contributed by atoms with Gasteiger partial charge in [0, 0.05) is 0 Å². The highest BCUT2D eigenvalue weighted by atomic mass is 35.5. The molecule has 1 aliphatic heterocycles. The van der Waals surface area contributed by atoms with Crippen molar-refractivity contribution < 1.29 is 14.4 Å². The second-order valence-electron chi connectivity index (χ2n) is 4.76. The van der Waals surface area contributed by atoms with E-state index in [1.165, 1.54) is 0 Å². The molecule has 0 aromatic carbocycles. The molecular formula is C11H19ClN2O3. The van der Waals surface area contributed by atoms with Crippen LogP contribution < -0.4 is 11.1 Å². The van der Waals surface area contributed by atoms with Crippen molar-refractivity contribution in [3.8, 4) is 0 Å². The maximum atomic E-state index is 11.9. The van der Waals surface area contributed by atoms with E-state index < -0.39 is 23.8 Å². The first kappa shape index (κ1) is 16.1. The van der Waals surface area contributed by atoms with Crippen LogP contribution in [0.3, 0.4) is 0 Å². The number of hydrogen-bond donors (Lipinski definition) is 2. The van der Waals surface area contributed by atoms with Gasteiger partial charge in [0.1, 0.15) is 5.92 Å². The molecule has 3 N–H and O–H groups in total. The standard InChI is InChI=1S/C11H18N2O3.ClH/c1-5(2)4-7(12)9(14)8-6(3)10(15)13-11(8)16;/h5-8H,4,12H2,1-3H3,(H,13,15,16);1H/t6-,7-,8+;/m0./s1. The van der Waals surface area contributed by atoms with Gasteiger partial charge in [-0.2, -0.15) is 0 Å². The third kappa shape index (κ3) is 3.51. The number of imide groups is 1. The number of rotatable bonds is 4. The Kier molecular flexibility index (Phi) is 5.78. The van der Waals surface area contributed by atoms with Gasteiger partial charge in [-0.05, 0) is 12.3 Å². The Hall–Kier alpha value is -0.940. The number of hydrogen-bond acceptors (Lipinski definition) is 4. The van der Waals surface area contributed by atoms with Crippen molar-refractivity contribution in [2.45, 2.75) is 33.2 Å². The SMILES string of the molecule is CC(C)C[C@H](N)C(=O)[C@@H]1C(=O)NC(=O)[C@H]1C.Cl. The Bertz CT molecular complexity index is 331. The number of nitrogens with one attached hydrogen (secondary N) is 1. The third-order valence-corrected chi connectivity index (χ3v) is 2.84. The molecule has 5 nitrogen and oxygen atoms in total. The van der Waals surface area contributed by atoms with E-state index in [4.69, 9.17) is 5.73 Å². The Labute approximate surface area is 107 Å². The first-order valence-corrected chi connectivity index (χ1v) is 5.48. The van der Waals surface area contributed by atoms with Crippen molar-refractivity contribution in [2.24, 2.45) is 23.5 Å². The summed E-state index contributed by atoms with van der Waals surface area (Å²) in [6.07, 6.45) is 0.531. The fourth-order valence-corrected chi connectivity index (χ4v) is 1.92. The van der Waals surface area contributed by atoms with Crippen molar-refractivity contribution in [1.29, 1.82) is 0 Å². The first-order valence-electron chi connectivity index (χ1n) is 5.48. The Morgan fingerprint density at radius 1 is 1.35 bits per heavy atom. The number of carbonyl (C=O) groups is 3. The molecule has 0 aromatic heterocycles. The largest absolute Gasteiger partial charge is 0.321 e. The van der Waals surface area contributed by atoms with Crippen LogP contribution in [0.4, 0.5) is 0 Å². The quantitative estimate of drug-likeness (QED) is 0.562. The first-order chi connectivity index (χ1) is 7.34. The smallest absolute Gasteiger partial charge is 0.238 e. The molecule has 0 spiro atoms. The molecule has 3 atom stereocenters. The zero-order valence-corrected chi connectivity index (χ0v) is 11.0. The molecule has 0 saturated carbocycles. The molecule has 0 unspecified atom stereocenters. The molecule has 17 heavy (non-hydrogen) atoms. The molecule has 0 aliphatic carbocycles. The zero-order chi connectivity index (χ0) is 12.5. The minimum atomic E-state index is -0.902. The van der Waals surface area contributed by atoms with Gasteiger partial charge in [0.05, 0.1) is 12.0 Å². The average molecular weight is 263 g/mol. The van der Waals surface area contributed by atoms with Crippen molar-refractivity contribution in [3.63, 3.8) is 0 Å². The molecule has 1 saturated heterocycles. The predicted molar refractivity (Wildman–Crippen MR) is 65.5 cm³/mol. The van der Waals surface area contributed by atoms with Gasteiger partial charge in [-0.15, -0.1) is 12.4 Å². The Balaban J connectivity index is 0.00000256. The lowest BCUT2D eigenvalue weighted by Gasteiger charge is -2.17. The lowest BCUT2D eigenvalue weighted by molar-refractivity contribution is -0.134. The zero-order valence-electron chi connectivity index (χ0n) is 10.2. The normalized spacial score (nSPS) is 25.5. The van der Waals surface area contributed by atoms with E-state index in [0.29, 0.717) is 6.42 Å². The molecule has 1 heterocycles. The van der Waals surface area contributed by atoms with E-state index in [2.05, 4.69) is 5.32 Å². The van der Waals surface area contributed by atoms with E-state index in [9.17, 15) is 14.4 Å². The minimum absolute atomic E-state index is 0. The highest BCUT2D eigenvalue weighted by Gasteiger charge is 2.44. The molecule has 2 amide bonds. The average Bonchev–Trinajstić information content (AvgIpc) is 2.39. The summed E-state index contributed by atoms with van der Waals surface area (Å²) in [6.45, 7) is 5.48. The number of amides is 2. The Morgan fingerprint density at radius 2 is 1.88 bits per heavy atom. The van der Waals surface area contributed by atoms with Crippen LogP contribution in [0.1, 0.15) is 27.2 Å². The predicted octanol–water partition coefficient (Wildman–Crippen LogP) is 0.259. The summed E-state index contributed by atoms with van der Waals surface area (Å²) in [5.41, 5.74) is 5.73. The fraction of sp³-hybridized carbons (Fsp3) is 0.727. The van der Waals surface area contributed by atoms with E-state index in [1.807, 2.05) is 13.8 Å². The van der Waals surface area contributed by atoms with Crippen molar-refractivity contribution in [1.82, 2.24) is 5.32 Å². The maximum Gasteiger partial charge on any atom is 0.238 e. The lowest BCUT2D eigenvalue weighted by Crippen LogP contribution is -2.41. The summed E-state index contributed by atoms with van der Waals surface area (Å²) >= 11 is 0. The highest BCUT2D eigenvalue weighted by molar-refractivity contribution is 6.16. The van der Waals surface area contributed by atoms with Gasteiger partial charge in [0.25, 0.3) is 0 Å². The molecule has 0 bridgehead atoms. The molecular weight excluding hydrogens is 244 g/mol. The van der Waals surface area contributed by atoms with Crippen molar-refractivity contribution in [2.75, 3.05) is 0 Å². The van der Waals surface area contributed by atoms with Crippen LogP contribution in [0.5, 0.6) is 0 Å². The number of carbonyl (C=O) groups excluding carboxylic acids is 3. The summed E-state index contributed by atoms with van der Waals surface area (Å²) in [6, 6.07) is -0.663. The summed E-state index contributed by atoms with van der Waals surface area (Å²) < 4.78 is 0. The molecule has 1 fully saturated rings. The maximum absolute atomic E-state index is 11.9. The second-order valence-corrected chi connectivity index (χ2v) is 4.76. The van der Waals surface area contributed by atoms with Crippen molar-refractivity contribution >= 4 is 30.0 Å². The summed E-state index contributed by atoms with van der Waals surface area (Å²) in [4.78, 5) is 34.5. The number of nitrogens with two attached hydrogens (primary N) is 1. The van der Waals surface area contributed by atoms with Crippen LogP contribution in [-0.4, -0.2) is 23.6 Å². The summed E-state index contributed by atoms with van der Waals surface area (Å²) in [5, 5.41) is 2.15. The molecule has 6 heteroatoms. The molecule has 0 radical (unpaired) electrons. The van der Waals surface area contributed by atoms with E-state index in [0.717, 1.165) is 0 Å². The van der Waals surface area contributed by atoms with E-state index in [-0.39, 0.29) is 30.0 Å². The molecule has 98 valence electrons. The lowest BCUT2D eigenvalue weighted by atomic mass is 9.86. The van der Waals surface area contributed by atoms with Crippen LogP contribution in [0, 0.1) is 17.8 Å². The number of halogens is 1.